The number of rotatable bonds is 8. The third-order valence-corrected chi connectivity index (χ3v) is 3.34. The molecule has 0 saturated heterocycles. The molecule has 1 aromatic carbocycles. The predicted octanol–water partition coefficient (Wildman–Crippen LogP) is 2.18. The van der Waals surface area contributed by atoms with E-state index in [0.29, 0.717) is 24.5 Å². The monoisotopic (exact) mass is 294 g/mol. The maximum atomic E-state index is 12.0. The molecule has 1 atom stereocenters. The van der Waals surface area contributed by atoms with Crippen molar-refractivity contribution in [2.24, 2.45) is 5.73 Å². The summed E-state index contributed by atoms with van der Waals surface area (Å²) in [4.78, 5) is 13.8. The number of carbonyl (C=O) groups is 1. The van der Waals surface area contributed by atoms with Gasteiger partial charge in [-0.3, -0.25) is 4.79 Å². The van der Waals surface area contributed by atoms with Gasteiger partial charge in [-0.05, 0) is 37.5 Å². The van der Waals surface area contributed by atoms with Crippen molar-refractivity contribution in [3.05, 3.63) is 23.8 Å². The van der Waals surface area contributed by atoms with Crippen molar-refractivity contribution in [3.63, 3.8) is 0 Å². The average molecular weight is 294 g/mol. The fraction of sp³-hybridized carbons (Fsp3) is 0.562. The number of hydrogen-bond donors (Lipinski definition) is 1. The van der Waals surface area contributed by atoms with Gasteiger partial charge in [0.15, 0.2) is 11.5 Å². The van der Waals surface area contributed by atoms with Gasteiger partial charge in [-0.2, -0.15) is 0 Å². The van der Waals surface area contributed by atoms with Crippen molar-refractivity contribution in [2.45, 2.75) is 38.8 Å². The first-order chi connectivity index (χ1) is 9.97. The van der Waals surface area contributed by atoms with Crippen molar-refractivity contribution in [1.82, 2.24) is 4.90 Å². The van der Waals surface area contributed by atoms with Gasteiger partial charge in [-0.25, -0.2) is 0 Å². The molecule has 0 bridgehead atoms. The lowest BCUT2D eigenvalue weighted by Crippen LogP contribution is -2.26. The molecule has 1 amide bonds. The lowest BCUT2D eigenvalue weighted by Gasteiger charge is -2.18. The summed E-state index contributed by atoms with van der Waals surface area (Å²) < 4.78 is 10.5. The number of hydrogen-bond acceptors (Lipinski definition) is 4. The van der Waals surface area contributed by atoms with Gasteiger partial charge in [0.1, 0.15) is 0 Å². The lowest BCUT2D eigenvalue weighted by atomic mass is 10.1. The second kappa shape index (κ2) is 8.52. The fourth-order valence-electron chi connectivity index (χ4n) is 2.11. The molecule has 0 aromatic heterocycles. The van der Waals surface area contributed by atoms with Gasteiger partial charge < -0.3 is 20.1 Å². The highest BCUT2D eigenvalue weighted by Gasteiger charge is 2.11. The topological polar surface area (TPSA) is 64.8 Å². The van der Waals surface area contributed by atoms with Crippen LogP contribution in [0.2, 0.25) is 0 Å². The molecule has 5 nitrogen and oxygen atoms in total. The van der Waals surface area contributed by atoms with Crippen LogP contribution in [0.15, 0.2) is 18.2 Å². The van der Waals surface area contributed by atoms with Crippen molar-refractivity contribution in [1.29, 1.82) is 0 Å². The minimum Gasteiger partial charge on any atom is -0.493 e. The molecule has 0 spiro atoms. The van der Waals surface area contributed by atoms with Gasteiger partial charge in [0.25, 0.3) is 0 Å². The number of ether oxygens (including phenoxy) is 2. The Kier molecular flexibility index (Phi) is 7.02. The molecular weight excluding hydrogens is 268 g/mol. The maximum Gasteiger partial charge on any atom is 0.222 e. The maximum absolute atomic E-state index is 12.0. The van der Waals surface area contributed by atoms with Gasteiger partial charge >= 0.3 is 0 Å². The Morgan fingerprint density at radius 3 is 2.52 bits per heavy atom. The van der Waals surface area contributed by atoms with Crippen LogP contribution in [0.3, 0.4) is 0 Å². The van der Waals surface area contributed by atoms with E-state index < -0.39 is 0 Å². The highest BCUT2D eigenvalue weighted by Crippen LogP contribution is 2.27. The summed E-state index contributed by atoms with van der Waals surface area (Å²) in [6, 6.07) is 5.83. The molecule has 0 radical (unpaired) electrons. The Morgan fingerprint density at radius 1 is 1.29 bits per heavy atom. The Balaban J connectivity index is 2.57. The van der Waals surface area contributed by atoms with Crippen LogP contribution >= 0.6 is 0 Å². The summed E-state index contributed by atoms with van der Waals surface area (Å²) in [6.45, 7) is 2.51. The second-order valence-corrected chi connectivity index (χ2v) is 5.31. The molecule has 2 N–H and O–H groups in total. The molecule has 0 aliphatic heterocycles. The van der Waals surface area contributed by atoms with Crippen LogP contribution < -0.4 is 15.2 Å². The summed E-state index contributed by atoms with van der Waals surface area (Å²) in [5.74, 6) is 1.49. The molecule has 0 heterocycles. The number of methoxy groups -OCH3 is 2. The van der Waals surface area contributed by atoms with E-state index in [1.165, 1.54) is 0 Å². The SMILES string of the molecule is COc1ccc(CN(C)C(=O)CCCC(C)N)cc1OC. The number of benzene rings is 1. The van der Waals surface area contributed by atoms with E-state index in [4.69, 9.17) is 15.2 Å². The van der Waals surface area contributed by atoms with E-state index in [2.05, 4.69) is 0 Å². The molecule has 1 rings (SSSR count). The Hall–Kier alpha value is -1.75. The summed E-state index contributed by atoms with van der Waals surface area (Å²) in [7, 11) is 5.01. The lowest BCUT2D eigenvalue weighted by molar-refractivity contribution is -0.130. The third-order valence-electron chi connectivity index (χ3n) is 3.34. The molecule has 5 heteroatoms. The molecule has 0 aliphatic rings. The number of carbonyl (C=O) groups excluding carboxylic acids is 1. The van der Waals surface area contributed by atoms with Gasteiger partial charge in [-0.1, -0.05) is 6.07 Å². The Labute approximate surface area is 127 Å². The van der Waals surface area contributed by atoms with Crippen molar-refractivity contribution >= 4 is 5.91 Å². The Morgan fingerprint density at radius 2 is 1.95 bits per heavy atom. The quantitative estimate of drug-likeness (QED) is 0.798. The minimum atomic E-state index is 0.130. The Bertz CT molecular complexity index is 461. The standard InChI is InChI=1S/C16H26N2O3/c1-12(17)6-5-7-16(19)18(2)11-13-8-9-14(20-3)15(10-13)21-4/h8-10,12H,5-7,11,17H2,1-4H3. The highest BCUT2D eigenvalue weighted by molar-refractivity contribution is 5.75. The van der Waals surface area contributed by atoms with E-state index in [9.17, 15) is 4.79 Å². The van der Waals surface area contributed by atoms with Crippen molar-refractivity contribution in [2.75, 3.05) is 21.3 Å². The fourth-order valence-corrected chi connectivity index (χ4v) is 2.11. The number of nitrogens with zero attached hydrogens (tertiary/aromatic N) is 1. The molecular formula is C16H26N2O3. The second-order valence-electron chi connectivity index (χ2n) is 5.31. The average Bonchev–Trinajstić information content (AvgIpc) is 2.46. The zero-order chi connectivity index (χ0) is 15.8. The minimum absolute atomic E-state index is 0.130. The first-order valence-electron chi connectivity index (χ1n) is 7.18. The van der Waals surface area contributed by atoms with Gasteiger partial charge in [-0.15, -0.1) is 0 Å². The summed E-state index contributed by atoms with van der Waals surface area (Å²) in [6.07, 6.45) is 2.23. The first kappa shape index (κ1) is 17.3. The normalized spacial score (nSPS) is 11.9. The first-order valence-corrected chi connectivity index (χ1v) is 7.18. The molecule has 1 unspecified atom stereocenters. The van der Waals surface area contributed by atoms with Gasteiger partial charge in [0, 0.05) is 26.1 Å². The summed E-state index contributed by atoms with van der Waals surface area (Å²) >= 11 is 0. The predicted molar refractivity (Wildman–Crippen MR) is 83.5 cm³/mol. The van der Waals surface area contributed by atoms with E-state index in [-0.39, 0.29) is 11.9 Å². The van der Waals surface area contributed by atoms with Crippen LogP contribution in [-0.2, 0) is 11.3 Å². The van der Waals surface area contributed by atoms with Crippen molar-refractivity contribution in [3.8, 4) is 11.5 Å². The molecule has 0 fully saturated rings. The van der Waals surface area contributed by atoms with Gasteiger partial charge in [0.05, 0.1) is 14.2 Å². The molecule has 21 heavy (non-hydrogen) atoms. The molecule has 1 aromatic rings. The van der Waals surface area contributed by atoms with Crippen LogP contribution in [0, 0.1) is 0 Å². The summed E-state index contributed by atoms with van der Waals surface area (Å²) in [5, 5.41) is 0. The van der Waals surface area contributed by atoms with Crippen LogP contribution in [0.5, 0.6) is 11.5 Å². The number of nitrogens with two attached hydrogens (primary N) is 1. The zero-order valence-electron chi connectivity index (χ0n) is 13.4. The van der Waals surface area contributed by atoms with Crippen LogP contribution in [0.25, 0.3) is 0 Å². The van der Waals surface area contributed by atoms with Crippen LogP contribution in [-0.4, -0.2) is 38.1 Å². The largest absolute Gasteiger partial charge is 0.493 e. The van der Waals surface area contributed by atoms with E-state index in [1.807, 2.05) is 32.2 Å². The number of amides is 1. The third kappa shape index (κ3) is 5.63. The highest BCUT2D eigenvalue weighted by atomic mass is 16.5. The van der Waals surface area contributed by atoms with Crippen LogP contribution in [0.4, 0.5) is 0 Å². The molecule has 0 aliphatic carbocycles. The van der Waals surface area contributed by atoms with E-state index in [1.54, 1.807) is 19.1 Å². The smallest absolute Gasteiger partial charge is 0.222 e. The molecule has 118 valence electrons. The summed E-state index contributed by atoms with van der Waals surface area (Å²) in [5.41, 5.74) is 6.70. The molecule has 0 saturated carbocycles. The van der Waals surface area contributed by atoms with Gasteiger partial charge in [0.2, 0.25) is 5.91 Å². The van der Waals surface area contributed by atoms with Crippen LogP contribution in [0.1, 0.15) is 31.7 Å². The zero-order valence-corrected chi connectivity index (χ0v) is 13.4. The van der Waals surface area contributed by atoms with Crippen molar-refractivity contribution < 1.29 is 14.3 Å². The van der Waals surface area contributed by atoms with E-state index >= 15 is 0 Å². The van der Waals surface area contributed by atoms with E-state index in [0.717, 1.165) is 18.4 Å².